The topological polar surface area (TPSA) is 77.6 Å². The minimum atomic E-state index is -0.194. The molecule has 0 spiro atoms. The van der Waals surface area contributed by atoms with Crippen molar-refractivity contribution in [2.45, 2.75) is 0 Å². The van der Waals surface area contributed by atoms with Crippen LogP contribution in [0.2, 0.25) is 0 Å². The monoisotopic (exact) mass is 318 g/mol. The lowest BCUT2D eigenvalue weighted by Crippen LogP contribution is -2.12. The van der Waals surface area contributed by atoms with Gasteiger partial charge < -0.3 is 5.32 Å². The first-order valence-corrected chi connectivity index (χ1v) is 7.40. The number of aryl methyl sites for hydroxylation is 1. The molecule has 24 heavy (non-hydrogen) atoms. The van der Waals surface area contributed by atoms with Gasteiger partial charge in [0.25, 0.3) is 5.91 Å². The summed E-state index contributed by atoms with van der Waals surface area (Å²) in [5, 5.41) is 12.1. The summed E-state index contributed by atoms with van der Waals surface area (Å²) in [6, 6.07) is 10.9. The van der Waals surface area contributed by atoms with Crippen molar-refractivity contribution in [3.05, 3.63) is 66.7 Å². The second kappa shape index (κ2) is 5.62. The first kappa shape index (κ1) is 14.1. The minimum absolute atomic E-state index is 0.194. The highest BCUT2D eigenvalue weighted by atomic mass is 16.1. The number of carbonyl (C=O) groups is 1. The van der Waals surface area contributed by atoms with Gasteiger partial charge in [0, 0.05) is 31.2 Å². The third-order valence-corrected chi connectivity index (χ3v) is 3.76. The maximum Gasteiger partial charge on any atom is 0.255 e. The van der Waals surface area contributed by atoms with E-state index in [1.807, 2.05) is 31.4 Å². The highest BCUT2D eigenvalue weighted by Crippen LogP contribution is 2.21. The van der Waals surface area contributed by atoms with Crippen molar-refractivity contribution in [3.8, 4) is 5.69 Å². The number of carbonyl (C=O) groups excluding carboxylic acids is 1. The molecule has 0 atom stereocenters. The quantitative estimate of drug-likeness (QED) is 0.629. The molecule has 4 rings (SSSR count). The van der Waals surface area contributed by atoms with Crippen molar-refractivity contribution < 1.29 is 4.79 Å². The predicted octanol–water partition coefficient (Wildman–Crippen LogP) is 2.41. The lowest BCUT2D eigenvalue weighted by molar-refractivity contribution is 0.102. The van der Waals surface area contributed by atoms with Gasteiger partial charge in [0.05, 0.1) is 23.0 Å². The Morgan fingerprint density at radius 3 is 2.88 bits per heavy atom. The number of nitrogens with one attached hydrogen (secondary N) is 1. The van der Waals surface area contributed by atoms with Crippen LogP contribution in [0.4, 0.5) is 5.69 Å². The molecule has 1 N–H and O–H groups in total. The van der Waals surface area contributed by atoms with E-state index in [0.717, 1.165) is 16.7 Å². The number of hydrogen-bond acceptors (Lipinski definition) is 4. The van der Waals surface area contributed by atoms with Gasteiger partial charge in [-0.25, -0.2) is 9.67 Å². The Morgan fingerprint density at radius 1 is 1.12 bits per heavy atom. The van der Waals surface area contributed by atoms with E-state index in [2.05, 4.69) is 20.5 Å². The smallest absolute Gasteiger partial charge is 0.255 e. The van der Waals surface area contributed by atoms with Crippen LogP contribution in [0.25, 0.3) is 16.7 Å². The van der Waals surface area contributed by atoms with Gasteiger partial charge in [-0.15, -0.1) is 0 Å². The number of aromatic nitrogens is 5. The molecule has 3 aromatic heterocycles. The number of amides is 1. The van der Waals surface area contributed by atoms with Crippen molar-refractivity contribution >= 4 is 22.6 Å². The number of anilines is 1. The Kier molecular flexibility index (Phi) is 3.31. The Bertz CT molecular complexity index is 1020. The highest BCUT2D eigenvalue weighted by molar-refractivity contribution is 6.08. The zero-order valence-corrected chi connectivity index (χ0v) is 12.9. The standard InChI is InChI=1S/C17H14N6O/c1-22-16-14(11-20-22)15(6-8-18-16)21-17(24)12-4-2-5-13(10-12)23-9-3-7-19-23/h2-11H,1H3,(H,18,21,24). The van der Waals surface area contributed by atoms with Crippen LogP contribution in [-0.2, 0) is 7.05 Å². The second-order valence-corrected chi connectivity index (χ2v) is 5.32. The first-order valence-electron chi connectivity index (χ1n) is 7.40. The van der Waals surface area contributed by atoms with Gasteiger partial charge >= 0.3 is 0 Å². The molecule has 0 saturated heterocycles. The summed E-state index contributed by atoms with van der Waals surface area (Å²) in [4.78, 5) is 16.9. The van der Waals surface area contributed by atoms with Gasteiger partial charge in [0.15, 0.2) is 5.65 Å². The number of fused-ring (bicyclic) bond motifs is 1. The van der Waals surface area contributed by atoms with Crippen molar-refractivity contribution in [2.75, 3.05) is 5.32 Å². The molecule has 0 aliphatic heterocycles. The van der Waals surface area contributed by atoms with Crippen LogP contribution in [0, 0.1) is 0 Å². The molecule has 0 aliphatic carbocycles. The lowest BCUT2D eigenvalue weighted by Gasteiger charge is -2.08. The third kappa shape index (κ3) is 2.41. The summed E-state index contributed by atoms with van der Waals surface area (Å²) in [5.41, 5.74) is 2.78. The minimum Gasteiger partial charge on any atom is -0.321 e. The Hall–Kier alpha value is -3.48. The van der Waals surface area contributed by atoms with E-state index in [0.29, 0.717) is 11.3 Å². The third-order valence-electron chi connectivity index (χ3n) is 3.76. The molecule has 1 amide bonds. The SMILES string of the molecule is Cn1ncc2c(NC(=O)c3cccc(-n4cccn4)c3)ccnc21. The maximum atomic E-state index is 12.6. The van der Waals surface area contributed by atoms with Gasteiger partial charge in [-0.3, -0.25) is 9.48 Å². The zero-order chi connectivity index (χ0) is 16.5. The predicted molar refractivity (Wildman–Crippen MR) is 90.0 cm³/mol. The molecule has 7 nitrogen and oxygen atoms in total. The number of pyridine rings is 1. The molecule has 0 aliphatic rings. The molecule has 0 saturated carbocycles. The molecule has 118 valence electrons. The van der Waals surface area contributed by atoms with Crippen LogP contribution in [0.1, 0.15) is 10.4 Å². The normalized spacial score (nSPS) is 10.9. The average molecular weight is 318 g/mol. The van der Waals surface area contributed by atoms with Gasteiger partial charge in [-0.05, 0) is 30.3 Å². The summed E-state index contributed by atoms with van der Waals surface area (Å²) >= 11 is 0. The van der Waals surface area contributed by atoms with E-state index >= 15 is 0 Å². The van der Waals surface area contributed by atoms with Crippen LogP contribution in [-0.4, -0.2) is 30.5 Å². The Balaban J connectivity index is 1.66. The molecular formula is C17H14N6O. The summed E-state index contributed by atoms with van der Waals surface area (Å²) in [6.45, 7) is 0. The van der Waals surface area contributed by atoms with Crippen molar-refractivity contribution in [2.24, 2.45) is 7.05 Å². The fourth-order valence-electron chi connectivity index (χ4n) is 2.56. The van der Waals surface area contributed by atoms with Crippen molar-refractivity contribution in [3.63, 3.8) is 0 Å². The van der Waals surface area contributed by atoms with Gasteiger partial charge in [-0.2, -0.15) is 10.2 Å². The molecular weight excluding hydrogens is 304 g/mol. The number of benzene rings is 1. The van der Waals surface area contributed by atoms with E-state index in [1.165, 1.54) is 0 Å². The highest BCUT2D eigenvalue weighted by Gasteiger charge is 2.11. The van der Waals surface area contributed by atoms with E-state index in [4.69, 9.17) is 0 Å². The summed E-state index contributed by atoms with van der Waals surface area (Å²) < 4.78 is 3.38. The van der Waals surface area contributed by atoms with Crippen molar-refractivity contribution in [1.29, 1.82) is 0 Å². The zero-order valence-electron chi connectivity index (χ0n) is 12.9. The molecule has 4 aromatic rings. The Labute approximate surface area is 137 Å². The maximum absolute atomic E-state index is 12.6. The largest absolute Gasteiger partial charge is 0.321 e. The average Bonchev–Trinajstić information content (AvgIpc) is 3.26. The molecule has 0 radical (unpaired) electrons. The van der Waals surface area contributed by atoms with Crippen LogP contribution in [0.5, 0.6) is 0 Å². The molecule has 0 fully saturated rings. The second-order valence-electron chi connectivity index (χ2n) is 5.32. The fourth-order valence-corrected chi connectivity index (χ4v) is 2.56. The number of nitrogens with zero attached hydrogens (tertiary/aromatic N) is 5. The van der Waals surface area contributed by atoms with Crippen LogP contribution in [0.3, 0.4) is 0 Å². The molecule has 0 bridgehead atoms. The van der Waals surface area contributed by atoms with Gasteiger partial charge in [0.2, 0.25) is 0 Å². The molecule has 7 heteroatoms. The first-order chi connectivity index (χ1) is 11.7. The van der Waals surface area contributed by atoms with Crippen LogP contribution in [0.15, 0.2) is 61.2 Å². The van der Waals surface area contributed by atoms with E-state index in [9.17, 15) is 4.79 Å². The molecule has 3 heterocycles. The molecule has 0 unspecified atom stereocenters. The Morgan fingerprint density at radius 2 is 2.04 bits per heavy atom. The van der Waals surface area contributed by atoms with Crippen LogP contribution < -0.4 is 5.32 Å². The van der Waals surface area contributed by atoms with E-state index in [-0.39, 0.29) is 5.91 Å². The van der Waals surface area contributed by atoms with E-state index < -0.39 is 0 Å². The summed E-state index contributed by atoms with van der Waals surface area (Å²) in [5.74, 6) is -0.194. The summed E-state index contributed by atoms with van der Waals surface area (Å²) in [6.07, 6.45) is 6.87. The van der Waals surface area contributed by atoms with E-state index in [1.54, 1.807) is 46.2 Å². The van der Waals surface area contributed by atoms with Crippen LogP contribution >= 0.6 is 0 Å². The molecule has 1 aromatic carbocycles. The van der Waals surface area contributed by atoms with Gasteiger partial charge in [-0.1, -0.05) is 6.07 Å². The van der Waals surface area contributed by atoms with Gasteiger partial charge in [0.1, 0.15) is 0 Å². The number of rotatable bonds is 3. The lowest BCUT2D eigenvalue weighted by atomic mass is 10.2. The summed E-state index contributed by atoms with van der Waals surface area (Å²) in [7, 11) is 1.81. The fraction of sp³-hybridized carbons (Fsp3) is 0.0588. The van der Waals surface area contributed by atoms with Crippen molar-refractivity contribution in [1.82, 2.24) is 24.5 Å². The number of hydrogen-bond donors (Lipinski definition) is 1.